The molecule has 0 saturated carbocycles. The monoisotopic (exact) mass is 452 g/mol. The predicted molar refractivity (Wildman–Crippen MR) is 118 cm³/mol. The number of fused-ring (bicyclic) bond motifs is 4. The number of ether oxygens (including phenoxy) is 4. The van der Waals surface area contributed by atoms with Crippen molar-refractivity contribution in [3.05, 3.63) is 58.3 Å². The number of phenolic OH excluding ortho intramolecular Hbond substituents is 2. The molecule has 4 aromatic rings. The van der Waals surface area contributed by atoms with Gasteiger partial charge in [0.2, 0.25) is 16.9 Å². The quantitative estimate of drug-likeness (QED) is 0.400. The number of rotatable bonds is 4. The summed E-state index contributed by atoms with van der Waals surface area (Å²) >= 11 is 0. The minimum Gasteiger partial charge on any atom is -0.507 e. The average Bonchev–Trinajstić information content (AvgIpc) is 2.83. The van der Waals surface area contributed by atoms with Crippen molar-refractivity contribution in [1.29, 1.82) is 0 Å². The van der Waals surface area contributed by atoms with Crippen molar-refractivity contribution in [2.75, 3.05) is 20.8 Å². The normalized spacial score (nSPS) is 17.3. The van der Waals surface area contributed by atoms with Gasteiger partial charge in [-0.3, -0.25) is 4.79 Å². The molecule has 170 valence electrons. The molecule has 0 spiro atoms. The van der Waals surface area contributed by atoms with Crippen molar-refractivity contribution >= 4 is 21.9 Å². The van der Waals surface area contributed by atoms with Gasteiger partial charge in [-0.25, -0.2) is 0 Å². The summed E-state index contributed by atoms with van der Waals surface area (Å²) in [6.45, 7) is -0.422. The maximum absolute atomic E-state index is 13.1. The molecule has 1 aromatic heterocycles. The number of methoxy groups -OCH3 is 2. The molecule has 2 heterocycles. The molecule has 9 nitrogen and oxygen atoms in total. The standard InChI is InChI=1S/C24H20O9/c1-29-15-7-6-11(8-14(15)27)21-18(10-25)32-24-22-12(9-17(30-2)23(24)33-21)20(28)19-13(26)4-3-5-16(19)31-22/h3-9,18,21,25-27H,10H2,1-2H3/t18-,21-/m0/s1. The Kier molecular flexibility index (Phi) is 4.90. The first-order chi connectivity index (χ1) is 16.0. The molecule has 0 unspecified atom stereocenters. The molecule has 0 saturated heterocycles. The predicted octanol–water partition coefficient (Wildman–Crippen LogP) is 3.25. The second kappa shape index (κ2) is 7.79. The van der Waals surface area contributed by atoms with Gasteiger partial charge in [0, 0.05) is 5.56 Å². The SMILES string of the molecule is COc1ccc([C@@H]2Oc3c(OC)cc4c(=O)c5c(O)cccc5oc4c3O[C@H]2CO)cc1O. The number of benzene rings is 3. The van der Waals surface area contributed by atoms with Crippen LogP contribution in [0.4, 0.5) is 0 Å². The summed E-state index contributed by atoms with van der Waals surface area (Å²) < 4.78 is 28.7. The average molecular weight is 452 g/mol. The lowest BCUT2D eigenvalue weighted by molar-refractivity contribution is -0.0134. The number of phenols is 2. The van der Waals surface area contributed by atoms with Gasteiger partial charge in [0.1, 0.15) is 16.7 Å². The van der Waals surface area contributed by atoms with Gasteiger partial charge < -0.3 is 38.7 Å². The Labute approximate surface area is 186 Å². The van der Waals surface area contributed by atoms with Gasteiger partial charge in [-0.05, 0) is 30.3 Å². The highest BCUT2D eigenvalue weighted by atomic mass is 16.6. The molecule has 5 rings (SSSR count). The van der Waals surface area contributed by atoms with Crippen LogP contribution in [0.3, 0.4) is 0 Å². The molecule has 0 amide bonds. The molecule has 1 aliphatic rings. The summed E-state index contributed by atoms with van der Waals surface area (Å²) in [5, 5.41) is 30.6. The van der Waals surface area contributed by atoms with Gasteiger partial charge in [-0.15, -0.1) is 0 Å². The summed E-state index contributed by atoms with van der Waals surface area (Å²) in [5.74, 6) is 0.474. The van der Waals surface area contributed by atoms with Gasteiger partial charge in [0.25, 0.3) is 0 Å². The Morgan fingerprint density at radius 3 is 2.42 bits per heavy atom. The van der Waals surface area contributed by atoms with E-state index in [1.807, 2.05) is 0 Å². The molecule has 0 radical (unpaired) electrons. The molecule has 2 atom stereocenters. The molecule has 0 bridgehead atoms. The molecule has 33 heavy (non-hydrogen) atoms. The maximum atomic E-state index is 13.1. The second-order valence-electron chi connectivity index (χ2n) is 7.50. The first-order valence-corrected chi connectivity index (χ1v) is 10.1. The van der Waals surface area contributed by atoms with Crippen molar-refractivity contribution in [1.82, 2.24) is 0 Å². The first-order valence-electron chi connectivity index (χ1n) is 10.1. The second-order valence-corrected chi connectivity index (χ2v) is 7.50. The third kappa shape index (κ3) is 3.16. The maximum Gasteiger partial charge on any atom is 0.209 e. The number of aliphatic hydroxyl groups is 1. The lowest BCUT2D eigenvalue weighted by atomic mass is 10.0. The Balaban J connectivity index is 1.73. The Hall–Kier alpha value is -4.11. The highest BCUT2D eigenvalue weighted by Crippen LogP contribution is 2.50. The topological polar surface area (TPSA) is 128 Å². The van der Waals surface area contributed by atoms with E-state index in [2.05, 4.69) is 0 Å². The number of hydrogen-bond donors (Lipinski definition) is 3. The number of aliphatic hydroxyl groups excluding tert-OH is 1. The van der Waals surface area contributed by atoms with E-state index >= 15 is 0 Å². The molecule has 3 aromatic carbocycles. The van der Waals surface area contributed by atoms with Gasteiger partial charge in [-0.2, -0.15) is 0 Å². The van der Waals surface area contributed by atoms with Crippen LogP contribution in [-0.2, 0) is 0 Å². The lowest BCUT2D eigenvalue weighted by Gasteiger charge is -2.34. The van der Waals surface area contributed by atoms with E-state index in [0.717, 1.165) is 0 Å². The fraction of sp³-hybridized carbons (Fsp3) is 0.208. The smallest absolute Gasteiger partial charge is 0.209 e. The first kappa shape index (κ1) is 20.8. The largest absolute Gasteiger partial charge is 0.507 e. The lowest BCUT2D eigenvalue weighted by Crippen LogP contribution is -2.36. The molecular weight excluding hydrogens is 432 g/mol. The summed E-state index contributed by atoms with van der Waals surface area (Å²) in [6.07, 6.45) is -1.69. The Bertz CT molecular complexity index is 1440. The van der Waals surface area contributed by atoms with Gasteiger partial charge in [0.05, 0.1) is 26.2 Å². The van der Waals surface area contributed by atoms with Crippen LogP contribution in [0, 0.1) is 0 Å². The van der Waals surface area contributed by atoms with Crippen LogP contribution < -0.4 is 24.4 Å². The van der Waals surface area contributed by atoms with E-state index in [1.165, 1.54) is 32.4 Å². The zero-order valence-corrected chi connectivity index (χ0v) is 17.7. The van der Waals surface area contributed by atoms with Crippen LogP contribution in [0.2, 0.25) is 0 Å². The van der Waals surface area contributed by atoms with E-state index in [9.17, 15) is 20.1 Å². The van der Waals surface area contributed by atoms with E-state index in [0.29, 0.717) is 5.56 Å². The van der Waals surface area contributed by atoms with Crippen molar-refractivity contribution in [3.63, 3.8) is 0 Å². The van der Waals surface area contributed by atoms with Crippen LogP contribution in [0.1, 0.15) is 11.7 Å². The molecule has 3 N–H and O–H groups in total. The molecular formula is C24H20O9. The third-order valence-electron chi connectivity index (χ3n) is 5.63. The summed E-state index contributed by atoms with van der Waals surface area (Å²) in [6, 6.07) is 10.7. The van der Waals surface area contributed by atoms with Gasteiger partial charge >= 0.3 is 0 Å². The summed E-state index contributed by atoms with van der Waals surface area (Å²) in [4.78, 5) is 13.1. The van der Waals surface area contributed by atoms with E-state index < -0.39 is 24.2 Å². The third-order valence-corrected chi connectivity index (χ3v) is 5.63. The summed E-state index contributed by atoms with van der Waals surface area (Å²) in [5.41, 5.74) is 0.344. The van der Waals surface area contributed by atoms with Crippen molar-refractivity contribution < 1.29 is 38.7 Å². The molecule has 0 aliphatic carbocycles. The van der Waals surface area contributed by atoms with E-state index in [-0.39, 0.29) is 56.4 Å². The Morgan fingerprint density at radius 2 is 1.73 bits per heavy atom. The van der Waals surface area contributed by atoms with Crippen LogP contribution in [0.25, 0.3) is 21.9 Å². The van der Waals surface area contributed by atoms with Crippen LogP contribution >= 0.6 is 0 Å². The number of aromatic hydroxyl groups is 2. The Morgan fingerprint density at radius 1 is 0.939 bits per heavy atom. The van der Waals surface area contributed by atoms with E-state index in [1.54, 1.807) is 24.3 Å². The van der Waals surface area contributed by atoms with Gasteiger partial charge in [0.15, 0.2) is 35.0 Å². The fourth-order valence-electron chi connectivity index (χ4n) is 4.03. The highest BCUT2D eigenvalue weighted by Gasteiger charge is 2.37. The summed E-state index contributed by atoms with van der Waals surface area (Å²) in [7, 11) is 2.85. The zero-order valence-electron chi connectivity index (χ0n) is 17.7. The zero-order chi connectivity index (χ0) is 23.3. The minimum absolute atomic E-state index is 0.0361. The van der Waals surface area contributed by atoms with Gasteiger partial charge in [-0.1, -0.05) is 12.1 Å². The van der Waals surface area contributed by atoms with Crippen LogP contribution in [-0.4, -0.2) is 42.3 Å². The highest BCUT2D eigenvalue weighted by molar-refractivity contribution is 5.97. The van der Waals surface area contributed by atoms with Crippen LogP contribution in [0.15, 0.2) is 51.7 Å². The van der Waals surface area contributed by atoms with E-state index in [4.69, 9.17) is 23.4 Å². The van der Waals surface area contributed by atoms with Crippen molar-refractivity contribution in [2.45, 2.75) is 12.2 Å². The molecule has 1 aliphatic heterocycles. The minimum atomic E-state index is -0.884. The van der Waals surface area contributed by atoms with Crippen molar-refractivity contribution in [2.24, 2.45) is 0 Å². The number of hydrogen-bond acceptors (Lipinski definition) is 9. The molecule has 9 heteroatoms. The molecule has 0 fully saturated rings. The van der Waals surface area contributed by atoms with Crippen molar-refractivity contribution in [3.8, 4) is 34.5 Å². The van der Waals surface area contributed by atoms with Crippen LogP contribution in [0.5, 0.6) is 34.5 Å². The fourth-order valence-corrected chi connectivity index (χ4v) is 4.03.